The fraction of sp³-hybridized carbons (Fsp3) is 0.450. The largest absolute Gasteiger partial charge is 0.356 e. The Balaban J connectivity index is 1.45. The molecule has 2 amide bonds. The quantitative estimate of drug-likeness (QED) is 0.704. The smallest absolute Gasteiger partial charge is 0.346 e. The van der Waals surface area contributed by atoms with Crippen molar-refractivity contribution in [1.29, 1.82) is 0 Å². The molecule has 1 aliphatic heterocycles. The van der Waals surface area contributed by atoms with E-state index in [2.05, 4.69) is 15.3 Å². The molecule has 0 spiro atoms. The van der Waals surface area contributed by atoms with Crippen molar-refractivity contribution in [2.45, 2.75) is 44.3 Å². The lowest BCUT2D eigenvalue weighted by Gasteiger charge is -2.40. The number of carbonyl (C=O) groups is 1. The maximum atomic E-state index is 14.0. The number of piperidine rings is 1. The predicted molar refractivity (Wildman–Crippen MR) is 109 cm³/mol. The number of anilines is 1. The van der Waals surface area contributed by atoms with E-state index in [0.717, 1.165) is 38.3 Å². The summed E-state index contributed by atoms with van der Waals surface area (Å²) in [5.74, 6) is -0.903. The van der Waals surface area contributed by atoms with Crippen molar-refractivity contribution in [3.63, 3.8) is 0 Å². The maximum absolute atomic E-state index is 14.0. The van der Waals surface area contributed by atoms with Gasteiger partial charge in [0, 0.05) is 43.5 Å². The van der Waals surface area contributed by atoms with Gasteiger partial charge in [0.05, 0.1) is 11.1 Å². The van der Waals surface area contributed by atoms with Gasteiger partial charge in [-0.1, -0.05) is 11.6 Å². The van der Waals surface area contributed by atoms with Crippen molar-refractivity contribution in [2.24, 2.45) is 0 Å². The first-order chi connectivity index (χ1) is 14.4. The first-order valence-corrected chi connectivity index (χ1v) is 10.3. The first-order valence-electron chi connectivity index (χ1n) is 9.92. The summed E-state index contributed by atoms with van der Waals surface area (Å²) >= 11 is 5.73. The molecule has 1 aromatic heterocycles. The number of nitrogens with one attached hydrogen (secondary N) is 2. The molecule has 1 saturated carbocycles. The highest BCUT2D eigenvalue weighted by Gasteiger charge is 2.39. The van der Waals surface area contributed by atoms with Crippen molar-refractivity contribution in [3.8, 4) is 0 Å². The third-order valence-corrected chi connectivity index (χ3v) is 5.77. The number of carbonyl (C=O) groups excluding carboxylic acids is 1. The van der Waals surface area contributed by atoms with E-state index < -0.39 is 17.3 Å². The van der Waals surface area contributed by atoms with Crippen LogP contribution in [0.4, 0.5) is 19.4 Å². The number of urea groups is 1. The fourth-order valence-corrected chi connectivity index (χ4v) is 4.07. The van der Waals surface area contributed by atoms with Crippen LogP contribution in [-0.4, -0.2) is 46.1 Å². The number of hydrogen-bond donors (Lipinski definition) is 2. The fourth-order valence-electron chi connectivity index (χ4n) is 3.89. The third kappa shape index (κ3) is 4.56. The molecule has 0 bridgehead atoms. The molecular weight excluding hydrogens is 416 g/mol. The lowest BCUT2D eigenvalue weighted by atomic mass is 10.0. The monoisotopic (exact) mass is 437 g/mol. The highest BCUT2D eigenvalue weighted by Crippen LogP contribution is 2.32. The summed E-state index contributed by atoms with van der Waals surface area (Å²) in [5.41, 5.74) is -0.281. The second-order valence-electron chi connectivity index (χ2n) is 7.66. The van der Waals surface area contributed by atoms with Crippen molar-refractivity contribution in [3.05, 3.63) is 57.1 Å². The van der Waals surface area contributed by atoms with Gasteiger partial charge < -0.3 is 15.1 Å². The molecule has 4 rings (SSSR count). The Hall–Kier alpha value is -2.68. The van der Waals surface area contributed by atoms with Gasteiger partial charge in [0.1, 0.15) is 17.5 Å². The summed E-state index contributed by atoms with van der Waals surface area (Å²) in [6, 6.07) is 3.48. The number of nitrogens with zero attached hydrogens (tertiary/aromatic N) is 3. The molecule has 10 heteroatoms. The highest BCUT2D eigenvalue weighted by molar-refractivity contribution is 6.30. The highest BCUT2D eigenvalue weighted by atomic mass is 35.5. The summed E-state index contributed by atoms with van der Waals surface area (Å²) in [7, 11) is 0. The predicted octanol–water partition coefficient (Wildman–Crippen LogP) is 3.04. The van der Waals surface area contributed by atoms with Crippen LogP contribution in [-0.2, 0) is 6.54 Å². The lowest BCUT2D eigenvalue weighted by Crippen LogP contribution is -2.54. The Labute approximate surface area is 177 Å². The van der Waals surface area contributed by atoms with Crippen LogP contribution >= 0.6 is 11.6 Å². The van der Waals surface area contributed by atoms with Gasteiger partial charge in [0.2, 0.25) is 0 Å². The number of halogens is 3. The van der Waals surface area contributed by atoms with Gasteiger partial charge in [0.25, 0.3) is 0 Å². The van der Waals surface area contributed by atoms with E-state index in [9.17, 15) is 18.4 Å². The van der Waals surface area contributed by atoms with Gasteiger partial charge in [-0.05, 0) is 37.8 Å². The third-order valence-electron chi connectivity index (χ3n) is 5.48. The van der Waals surface area contributed by atoms with Crippen LogP contribution < -0.4 is 15.9 Å². The van der Waals surface area contributed by atoms with Crippen LogP contribution in [0.1, 0.15) is 31.2 Å². The van der Waals surface area contributed by atoms with Crippen LogP contribution in [0.25, 0.3) is 0 Å². The molecule has 0 radical (unpaired) electrons. The van der Waals surface area contributed by atoms with Crippen LogP contribution in [0.5, 0.6) is 0 Å². The van der Waals surface area contributed by atoms with Gasteiger partial charge in [0.15, 0.2) is 0 Å². The first kappa shape index (κ1) is 20.6. The summed E-state index contributed by atoms with van der Waals surface area (Å²) in [4.78, 5) is 34.7. The zero-order valence-electron chi connectivity index (χ0n) is 16.2. The van der Waals surface area contributed by atoms with Crippen molar-refractivity contribution in [2.75, 3.05) is 18.0 Å². The minimum Gasteiger partial charge on any atom is -0.356 e. The van der Waals surface area contributed by atoms with E-state index >= 15 is 0 Å². The van der Waals surface area contributed by atoms with Crippen LogP contribution in [0.3, 0.4) is 0 Å². The zero-order valence-corrected chi connectivity index (χ0v) is 17.0. The Bertz CT molecular complexity index is 997. The number of aromatic amines is 1. The van der Waals surface area contributed by atoms with E-state index in [4.69, 9.17) is 11.6 Å². The van der Waals surface area contributed by atoms with E-state index in [1.165, 1.54) is 12.3 Å². The molecule has 2 heterocycles. The molecule has 2 aromatic rings. The minimum atomic E-state index is -0.833. The Kier molecular flexibility index (Phi) is 5.90. The van der Waals surface area contributed by atoms with Gasteiger partial charge in [-0.15, -0.1) is 0 Å². The van der Waals surface area contributed by atoms with Crippen molar-refractivity contribution >= 4 is 23.4 Å². The van der Waals surface area contributed by atoms with Crippen LogP contribution in [0.2, 0.25) is 5.02 Å². The van der Waals surface area contributed by atoms with Gasteiger partial charge in [-0.3, -0.25) is 4.98 Å². The summed E-state index contributed by atoms with van der Waals surface area (Å²) in [6.07, 6.45) is 5.02. The molecule has 2 N–H and O–H groups in total. The van der Waals surface area contributed by atoms with Crippen LogP contribution in [0, 0.1) is 11.6 Å². The van der Waals surface area contributed by atoms with Gasteiger partial charge in [-0.25, -0.2) is 23.4 Å². The summed E-state index contributed by atoms with van der Waals surface area (Å²) in [5, 5.41) is 2.56. The molecule has 160 valence electrons. The number of benzene rings is 1. The van der Waals surface area contributed by atoms with Crippen molar-refractivity contribution < 1.29 is 13.6 Å². The Morgan fingerprint density at radius 2 is 2.07 bits per heavy atom. The van der Waals surface area contributed by atoms with Gasteiger partial charge in [-0.2, -0.15) is 0 Å². The molecule has 1 saturated heterocycles. The van der Waals surface area contributed by atoms with E-state index in [1.807, 2.05) is 9.80 Å². The molecule has 30 heavy (non-hydrogen) atoms. The number of rotatable bonds is 5. The minimum absolute atomic E-state index is 0.0374. The maximum Gasteiger partial charge on any atom is 0.346 e. The number of hydrogen-bond acceptors (Lipinski definition) is 4. The molecule has 0 unspecified atom stereocenters. The summed E-state index contributed by atoms with van der Waals surface area (Å²) < 4.78 is 27.3. The molecule has 2 aliphatic rings. The van der Waals surface area contributed by atoms with E-state index in [-0.39, 0.29) is 35.2 Å². The molecule has 1 aliphatic carbocycles. The average Bonchev–Trinajstić information content (AvgIpc) is 3.55. The van der Waals surface area contributed by atoms with Crippen LogP contribution in [0.15, 0.2) is 29.2 Å². The number of H-pyrrole nitrogens is 1. The topological polar surface area (TPSA) is 81.3 Å². The zero-order chi connectivity index (χ0) is 21.3. The average molecular weight is 438 g/mol. The molecular formula is C20H22ClF2N5O2. The molecule has 7 nitrogen and oxygen atoms in total. The number of aromatic nitrogens is 2. The summed E-state index contributed by atoms with van der Waals surface area (Å²) in [6.45, 7) is 1.28. The molecule has 2 fully saturated rings. The SMILES string of the molecule is O=C(NCc1cc(Cl)c(F)cc1F)N(C1CC1)[C@@H]1CCCN(c2ccnc(=O)[nH]2)C1. The Morgan fingerprint density at radius 3 is 2.80 bits per heavy atom. The normalized spacial score (nSPS) is 18.9. The standard InChI is InChI=1S/C20H22ClF2N5O2/c21-15-8-12(16(22)9-17(15)23)10-25-20(30)28(13-3-4-13)14-2-1-7-27(11-14)18-5-6-24-19(29)26-18/h5-6,8-9,13-14H,1-4,7,10-11H2,(H,25,30)(H,24,26,29)/t14-/m1/s1. The van der Waals surface area contributed by atoms with Gasteiger partial charge >= 0.3 is 11.7 Å². The second-order valence-corrected chi connectivity index (χ2v) is 8.06. The van der Waals surface area contributed by atoms with E-state index in [1.54, 1.807) is 6.07 Å². The Morgan fingerprint density at radius 1 is 1.27 bits per heavy atom. The molecule has 1 aromatic carbocycles. The second kappa shape index (κ2) is 8.59. The number of amides is 2. The molecule has 1 atom stereocenters. The van der Waals surface area contributed by atoms with Crippen molar-refractivity contribution in [1.82, 2.24) is 20.2 Å². The lowest BCUT2D eigenvalue weighted by molar-refractivity contribution is 0.160. The van der Waals surface area contributed by atoms with E-state index in [0.29, 0.717) is 12.4 Å².